The number of carbonyl (C=O) groups excluding carboxylic acids is 2. The van der Waals surface area contributed by atoms with Crippen molar-refractivity contribution < 1.29 is 14.0 Å². The van der Waals surface area contributed by atoms with E-state index in [4.69, 9.17) is 0 Å². The van der Waals surface area contributed by atoms with Gasteiger partial charge in [0.1, 0.15) is 11.9 Å². The first-order chi connectivity index (χ1) is 12.9. The number of nitrogens with one attached hydrogen (secondary N) is 2. The lowest BCUT2D eigenvalue weighted by Crippen LogP contribution is -2.48. The fraction of sp³-hybridized carbons (Fsp3) is 0.500. The quantitative estimate of drug-likeness (QED) is 0.769. The molecule has 6 nitrogen and oxygen atoms in total. The van der Waals surface area contributed by atoms with Crippen LogP contribution in [0.25, 0.3) is 0 Å². The Kier molecular flexibility index (Phi) is 6.11. The van der Waals surface area contributed by atoms with Gasteiger partial charge in [-0.15, -0.1) is 0 Å². The Hall–Kier alpha value is -2.41. The number of hydrazine groups is 1. The first-order valence-corrected chi connectivity index (χ1v) is 9.49. The number of carbonyl (C=O) groups is 2. The molecule has 2 unspecified atom stereocenters. The summed E-state index contributed by atoms with van der Waals surface area (Å²) in [6, 6.07) is 5.97. The van der Waals surface area contributed by atoms with Crippen LogP contribution < -0.4 is 10.7 Å². The van der Waals surface area contributed by atoms with E-state index in [9.17, 15) is 14.0 Å². The number of halogens is 1. The predicted octanol–water partition coefficient (Wildman–Crippen LogP) is 2.31. The zero-order valence-electron chi connectivity index (χ0n) is 15.8. The number of hydrogen-bond donors (Lipinski definition) is 2. The van der Waals surface area contributed by atoms with Crippen LogP contribution in [0.5, 0.6) is 0 Å². The maximum absolute atomic E-state index is 13.1. The predicted molar refractivity (Wildman–Crippen MR) is 100 cm³/mol. The maximum atomic E-state index is 13.1. The highest BCUT2D eigenvalue weighted by atomic mass is 19.1. The SMILES string of the molecule is CC(C)CCNC(=O)CCN1C=CN2NC(c3ccc(F)cc3)CC2C1=O. The first-order valence-electron chi connectivity index (χ1n) is 9.49. The zero-order chi connectivity index (χ0) is 19.4. The molecule has 0 aliphatic carbocycles. The summed E-state index contributed by atoms with van der Waals surface area (Å²) in [7, 11) is 0. The Morgan fingerprint density at radius 1 is 1.30 bits per heavy atom. The van der Waals surface area contributed by atoms with Crippen molar-refractivity contribution >= 4 is 11.8 Å². The second-order valence-corrected chi connectivity index (χ2v) is 7.50. The number of hydrogen-bond acceptors (Lipinski definition) is 4. The monoisotopic (exact) mass is 374 g/mol. The molecule has 7 heteroatoms. The lowest BCUT2D eigenvalue weighted by atomic mass is 10.0. The van der Waals surface area contributed by atoms with E-state index in [0.717, 1.165) is 12.0 Å². The zero-order valence-corrected chi connectivity index (χ0v) is 15.8. The third kappa shape index (κ3) is 4.86. The number of rotatable bonds is 7. The Bertz CT molecular complexity index is 704. The van der Waals surface area contributed by atoms with E-state index in [-0.39, 0.29) is 36.1 Å². The van der Waals surface area contributed by atoms with Gasteiger partial charge in [0, 0.05) is 31.9 Å². The van der Waals surface area contributed by atoms with Gasteiger partial charge in [0.2, 0.25) is 5.91 Å². The van der Waals surface area contributed by atoms with Gasteiger partial charge in [0.15, 0.2) is 0 Å². The molecule has 2 aliphatic heterocycles. The van der Waals surface area contributed by atoms with Crippen LogP contribution in [0.2, 0.25) is 0 Å². The smallest absolute Gasteiger partial charge is 0.250 e. The Labute approximate surface area is 159 Å². The molecule has 0 radical (unpaired) electrons. The van der Waals surface area contributed by atoms with Crippen molar-refractivity contribution in [1.29, 1.82) is 0 Å². The molecule has 2 amide bonds. The van der Waals surface area contributed by atoms with Crippen LogP contribution in [0.4, 0.5) is 4.39 Å². The summed E-state index contributed by atoms with van der Waals surface area (Å²) in [6.45, 7) is 5.27. The lowest BCUT2D eigenvalue weighted by molar-refractivity contribution is -0.134. The fourth-order valence-electron chi connectivity index (χ4n) is 3.34. The van der Waals surface area contributed by atoms with Crippen LogP contribution in [0.15, 0.2) is 36.7 Å². The largest absolute Gasteiger partial charge is 0.356 e. The average molecular weight is 374 g/mol. The van der Waals surface area contributed by atoms with E-state index in [2.05, 4.69) is 24.6 Å². The standard InChI is InChI=1S/C20H27FN4O2/c1-14(2)7-9-22-19(26)8-10-24-11-12-25-18(20(24)27)13-17(23-25)15-3-5-16(21)6-4-15/h3-6,11-12,14,17-18,23H,7-10,13H2,1-2H3,(H,22,26). The molecule has 0 spiro atoms. The fourth-order valence-corrected chi connectivity index (χ4v) is 3.34. The van der Waals surface area contributed by atoms with Crippen LogP contribution in [-0.4, -0.2) is 40.9 Å². The second-order valence-electron chi connectivity index (χ2n) is 7.50. The molecule has 1 aromatic rings. The summed E-state index contributed by atoms with van der Waals surface area (Å²) < 4.78 is 13.1. The number of amides is 2. The van der Waals surface area contributed by atoms with Crippen molar-refractivity contribution in [1.82, 2.24) is 20.7 Å². The molecule has 2 atom stereocenters. The van der Waals surface area contributed by atoms with Crippen LogP contribution in [0.3, 0.4) is 0 Å². The molecular weight excluding hydrogens is 347 g/mol. The second kappa shape index (κ2) is 8.52. The summed E-state index contributed by atoms with van der Waals surface area (Å²) in [5.41, 5.74) is 4.23. The van der Waals surface area contributed by atoms with Gasteiger partial charge in [-0.05, 0) is 36.5 Å². The van der Waals surface area contributed by atoms with Crippen molar-refractivity contribution in [2.75, 3.05) is 13.1 Å². The van der Waals surface area contributed by atoms with Gasteiger partial charge in [0.25, 0.3) is 5.91 Å². The maximum Gasteiger partial charge on any atom is 0.250 e. The van der Waals surface area contributed by atoms with E-state index >= 15 is 0 Å². The highest BCUT2D eigenvalue weighted by Gasteiger charge is 2.39. The molecular formula is C20H27FN4O2. The third-order valence-corrected chi connectivity index (χ3v) is 4.97. The first kappa shape index (κ1) is 19.4. The van der Waals surface area contributed by atoms with Gasteiger partial charge < -0.3 is 15.2 Å². The minimum absolute atomic E-state index is 0.0235. The summed E-state index contributed by atoms with van der Waals surface area (Å²) >= 11 is 0. The molecule has 0 aromatic heterocycles. The summed E-state index contributed by atoms with van der Waals surface area (Å²) in [4.78, 5) is 26.3. The molecule has 2 heterocycles. The summed E-state index contributed by atoms with van der Waals surface area (Å²) in [5, 5.41) is 4.69. The third-order valence-electron chi connectivity index (χ3n) is 4.97. The van der Waals surface area contributed by atoms with Crippen molar-refractivity contribution in [3.63, 3.8) is 0 Å². The number of benzene rings is 1. The highest BCUT2D eigenvalue weighted by molar-refractivity contribution is 5.85. The average Bonchev–Trinajstić information content (AvgIpc) is 3.06. The molecule has 3 rings (SSSR count). The normalized spacial score (nSPS) is 21.7. The molecule has 27 heavy (non-hydrogen) atoms. The Balaban J connectivity index is 1.51. The van der Waals surface area contributed by atoms with E-state index in [0.29, 0.717) is 25.4 Å². The lowest BCUT2D eigenvalue weighted by Gasteiger charge is -2.31. The van der Waals surface area contributed by atoms with Crippen molar-refractivity contribution in [2.24, 2.45) is 5.92 Å². The van der Waals surface area contributed by atoms with Crippen LogP contribution in [0.1, 0.15) is 44.7 Å². The van der Waals surface area contributed by atoms with Crippen molar-refractivity contribution in [3.05, 3.63) is 48.0 Å². The highest BCUT2D eigenvalue weighted by Crippen LogP contribution is 2.30. The van der Waals surface area contributed by atoms with Gasteiger partial charge in [-0.2, -0.15) is 0 Å². The van der Waals surface area contributed by atoms with E-state index in [1.165, 1.54) is 12.1 Å². The van der Waals surface area contributed by atoms with Gasteiger partial charge >= 0.3 is 0 Å². The Morgan fingerprint density at radius 3 is 2.74 bits per heavy atom. The molecule has 2 aliphatic rings. The molecule has 1 saturated heterocycles. The molecule has 0 saturated carbocycles. The molecule has 2 N–H and O–H groups in total. The van der Waals surface area contributed by atoms with E-state index in [1.54, 1.807) is 28.2 Å². The Morgan fingerprint density at radius 2 is 2.04 bits per heavy atom. The van der Waals surface area contributed by atoms with Crippen molar-refractivity contribution in [2.45, 2.75) is 45.2 Å². The minimum atomic E-state index is -0.311. The van der Waals surface area contributed by atoms with E-state index < -0.39 is 0 Å². The van der Waals surface area contributed by atoms with Crippen molar-refractivity contribution in [3.8, 4) is 0 Å². The van der Waals surface area contributed by atoms with Crippen LogP contribution in [-0.2, 0) is 9.59 Å². The minimum Gasteiger partial charge on any atom is -0.356 e. The molecule has 146 valence electrons. The number of nitrogens with zero attached hydrogens (tertiary/aromatic N) is 2. The molecule has 1 aromatic carbocycles. The van der Waals surface area contributed by atoms with E-state index in [1.807, 2.05) is 6.20 Å². The van der Waals surface area contributed by atoms with Gasteiger partial charge in [-0.3, -0.25) is 9.59 Å². The van der Waals surface area contributed by atoms with Gasteiger partial charge in [-0.1, -0.05) is 26.0 Å². The topological polar surface area (TPSA) is 64.7 Å². The van der Waals surface area contributed by atoms with Gasteiger partial charge in [-0.25, -0.2) is 9.82 Å². The summed E-state index contributed by atoms with van der Waals surface area (Å²) in [6.07, 6.45) is 5.37. The summed E-state index contributed by atoms with van der Waals surface area (Å²) in [5.74, 6) is 0.215. The van der Waals surface area contributed by atoms with Gasteiger partial charge in [0.05, 0.1) is 6.04 Å². The van der Waals surface area contributed by atoms with Crippen LogP contribution >= 0.6 is 0 Å². The van der Waals surface area contributed by atoms with Crippen LogP contribution in [0, 0.1) is 11.7 Å². The molecule has 1 fully saturated rings. The number of fused-ring (bicyclic) bond motifs is 1. The molecule has 0 bridgehead atoms.